The molecule has 1 fully saturated rings. The molecule has 0 spiro atoms. The van der Waals surface area contributed by atoms with E-state index in [0.717, 1.165) is 30.5 Å². The molecule has 1 aliphatic heterocycles. The number of hydrogen-bond acceptors (Lipinski definition) is 5. The average Bonchev–Trinajstić information content (AvgIpc) is 2.40. The highest BCUT2D eigenvalue weighted by Gasteiger charge is 2.13. The predicted octanol–water partition coefficient (Wildman–Crippen LogP) is 1.19. The molecule has 88 valence electrons. The molecule has 5 heteroatoms. The third-order valence-corrected chi connectivity index (χ3v) is 2.99. The molecule has 17 heavy (non-hydrogen) atoms. The number of anilines is 1. The van der Waals surface area contributed by atoms with E-state index in [1.54, 1.807) is 0 Å². The van der Waals surface area contributed by atoms with E-state index in [2.05, 4.69) is 25.8 Å². The zero-order valence-corrected chi connectivity index (χ0v) is 9.56. The second-order valence-corrected chi connectivity index (χ2v) is 4.31. The molecule has 2 aromatic rings. The van der Waals surface area contributed by atoms with Gasteiger partial charge in [0.15, 0.2) is 0 Å². The maximum absolute atomic E-state index is 4.46. The van der Waals surface area contributed by atoms with Crippen LogP contribution in [0.1, 0.15) is 12.8 Å². The van der Waals surface area contributed by atoms with Crippen molar-refractivity contribution >= 4 is 17.0 Å². The number of fused-ring (bicyclic) bond motifs is 1. The Labute approximate surface area is 99.7 Å². The molecule has 0 amide bonds. The maximum atomic E-state index is 4.46. The van der Waals surface area contributed by atoms with E-state index in [4.69, 9.17) is 0 Å². The molecule has 2 heterocycles. The number of rotatable bonds is 2. The number of nitrogens with zero attached hydrogens (tertiary/aromatic N) is 3. The van der Waals surface area contributed by atoms with Crippen molar-refractivity contribution in [2.45, 2.75) is 18.9 Å². The summed E-state index contributed by atoms with van der Waals surface area (Å²) < 4.78 is 0. The van der Waals surface area contributed by atoms with Crippen LogP contribution in [0.2, 0.25) is 0 Å². The van der Waals surface area contributed by atoms with Gasteiger partial charge in [-0.05, 0) is 31.5 Å². The minimum atomic E-state index is 0.409. The Balaban J connectivity index is 1.80. The summed E-state index contributed by atoms with van der Waals surface area (Å²) >= 11 is 0. The zero-order chi connectivity index (χ0) is 11.5. The highest BCUT2D eigenvalue weighted by molar-refractivity contribution is 5.74. The van der Waals surface area contributed by atoms with Crippen molar-refractivity contribution in [2.75, 3.05) is 18.4 Å². The minimum Gasteiger partial charge on any atom is -0.349 e. The van der Waals surface area contributed by atoms with Gasteiger partial charge in [-0.15, -0.1) is 10.2 Å². The summed E-state index contributed by atoms with van der Waals surface area (Å²) in [5, 5.41) is 14.9. The smallest absolute Gasteiger partial charge is 0.243 e. The van der Waals surface area contributed by atoms with E-state index in [-0.39, 0.29) is 0 Å². The summed E-state index contributed by atoms with van der Waals surface area (Å²) in [7, 11) is 0. The Kier molecular flexibility index (Phi) is 2.83. The van der Waals surface area contributed by atoms with E-state index in [1.165, 1.54) is 6.42 Å². The van der Waals surface area contributed by atoms with Crippen LogP contribution >= 0.6 is 0 Å². The van der Waals surface area contributed by atoms with Crippen molar-refractivity contribution in [1.29, 1.82) is 0 Å². The average molecular weight is 229 g/mol. The number of benzene rings is 1. The molecule has 1 aromatic carbocycles. The normalized spacial score (nSPS) is 20.4. The SMILES string of the molecule is c1ccc2nc(NC3CCCNC3)nnc2c1. The van der Waals surface area contributed by atoms with E-state index in [9.17, 15) is 0 Å². The van der Waals surface area contributed by atoms with Gasteiger partial charge in [-0.3, -0.25) is 0 Å². The van der Waals surface area contributed by atoms with Gasteiger partial charge in [-0.1, -0.05) is 12.1 Å². The van der Waals surface area contributed by atoms with Crippen LogP contribution in [0, 0.1) is 0 Å². The van der Waals surface area contributed by atoms with Crippen molar-refractivity contribution in [1.82, 2.24) is 20.5 Å². The standard InChI is InChI=1S/C12H15N5/c1-2-6-11-10(5-1)15-12(17-16-11)14-9-4-3-7-13-8-9/h1-2,5-6,9,13H,3-4,7-8H2,(H,14,15,17). The Morgan fingerprint density at radius 1 is 1.18 bits per heavy atom. The first-order chi connectivity index (χ1) is 8.42. The fourth-order valence-electron chi connectivity index (χ4n) is 2.10. The predicted molar refractivity (Wildman–Crippen MR) is 66.8 cm³/mol. The van der Waals surface area contributed by atoms with Crippen molar-refractivity contribution in [3.8, 4) is 0 Å². The molecule has 1 atom stereocenters. The third-order valence-electron chi connectivity index (χ3n) is 2.99. The lowest BCUT2D eigenvalue weighted by Gasteiger charge is -2.23. The topological polar surface area (TPSA) is 62.7 Å². The molecule has 1 saturated heterocycles. The Bertz CT molecular complexity index is 507. The molecule has 0 bridgehead atoms. The fraction of sp³-hybridized carbons (Fsp3) is 0.417. The van der Waals surface area contributed by atoms with Gasteiger partial charge < -0.3 is 10.6 Å². The van der Waals surface area contributed by atoms with Crippen LogP contribution in [0.3, 0.4) is 0 Å². The Morgan fingerprint density at radius 2 is 2.06 bits per heavy atom. The molecule has 0 saturated carbocycles. The largest absolute Gasteiger partial charge is 0.349 e. The molecule has 2 N–H and O–H groups in total. The second-order valence-electron chi connectivity index (χ2n) is 4.31. The fourth-order valence-corrected chi connectivity index (χ4v) is 2.10. The Morgan fingerprint density at radius 3 is 2.88 bits per heavy atom. The monoisotopic (exact) mass is 229 g/mol. The summed E-state index contributed by atoms with van der Waals surface area (Å²) in [6, 6.07) is 8.18. The summed E-state index contributed by atoms with van der Waals surface area (Å²) in [5.74, 6) is 0.623. The van der Waals surface area contributed by atoms with Gasteiger partial charge in [-0.25, -0.2) is 4.98 Å². The zero-order valence-electron chi connectivity index (χ0n) is 9.56. The van der Waals surface area contributed by atoms with Crippen LogP contribution < -0.4 is 10.6 Å². The summed E-state index contributed by atoms with van der Waals surface area (Å²) in [6.45, 7) is 2.07. The number of hydrogen-bond donors (Lipinski definition) is 2. The third kappa shape index (κ3) is 2.34. The molecule has 1 aliphatic rings. The molecule has 0 aliphatic carbocycles. The van der Waals surface area contributed by atoms with E-state index >= 15 is 0 Å². The van der Waals surface area contributed by atoms with Gasteiger partial charge in [0.2, 0.25) is 5.95 Å². The first-order valence-corrected chi connectivity index (χ1v) is 5.98. The van der Waals surface area contributed by atoms with Gasteiger partial charge in [0.25, 0.3) is 0 Å². The molecule has 5 nitrogen and oxygen atoms in total. The number of aromatic nitrogens is 3. The van der Waals surface area contributed by atoms with Crippen molar-refractivity contribution in [3.05, 3.63) is 24.3 Å². The lowest BCUT2D eigenvalue weighted by molar-refractivity contribution is 0.477. The summed E-state index contributed by atoms with van der Waals surface area (Å²) in [5.41, 5.74) is 1.72. The Hall–Kier alpha value is -1.75. The maximum Gasteiger partial charge on any atom is 0.243 e. The molecule has 3 rings (SSSR count). The van der Waals surface area contributed by atoms with E-state index < -0.39 is 0 Å². The molecule has 1 aromatic heterocycles. The van der Waals surface area contributed by atoms with Crippen LogP contribution in [0.15, 0.2) is 24.3 Å². The van der Waals surface area contributed by atoms with Crippen molar-refractivity contribution in [2.24, 2.45) is 0 Å². The van der Waals surface area contributed by atoms with Crippen LogP contribution in [0.5, 0.6) is 0 Å². The minimum absolute atomic E-state index is 0.409. The quantitative estimate of drug-likeness (QED) is 0.810. The molecule has 1 unspecified atom stereocenters. The van der Waals surface area contributed by atoms with Crippen LogP contribution in [-0.4, -0.2) is 34.3 Å². The molecular formula is C12H15N5. The van der Waals surface area contributed by atoms with Gasteiger partial charge in [0.1, 0.15) is 5.52 Å². The van der Waals surface area contributed by atoms with Gasteiger partial charge >= 0.3 is 0 Å². The van der Waals surface area contributed by atoms with Gasteiger partial charge in [0, 0.05) is 12.6 Å². The second kappa shape index (κ2) is 4.63. The van der Waals surface area contributed by atoms with Crippen molar-refractivity contribution in [3.63, 3.8) is 0 Å². The summed E-state index contributed by atoms with van der Waals surface area (Å²) in [6.07, 6.45) is 2.35. The van der Waals surface area contributed by atoms with Crippen LogP contribution in [0.25, 0.3) is 11.0 Å². The lowest BCUT2D eigenvalue weighted by atomic mass is 10.1. The van der Waals surface area contributed by atoms with E-state index in [0.29, 0.717) is 12.0 Å². The first-order valence-electron chi connectivity index (χ1n) is 5.98. The first kappa shape index (κ1) is 10.4. The number of piperidine rings is 1. The molecular weight excluding hydrogens is 214 g/mol. The van der Waals surface area contributed by atoms with Crippen molar-refractivity contribution < 1.29 is 0 Å². The van der Waals surface area contributed by atoms with Crippen LogP contribution in [-0.2, 0) is 0 Å². The highest BCUT2D eigenvalue weighted by atomic mass is 15.2. The number of nitrogens with one attached hydrogen (secondary N) is 2. The highest BCUT2D eigenvalue weighted by Crippen LogP contribution is 2.11. The summed E-state index contributed by atoms with van der Waals surface area (Å²) in [4.78, 5) is 4.46. The van der Waals surface area contributed by atoms with Gasteiger partial charge in [-0.2, -0.15) is 0 Å². The molecule has 0 radical (unpaired) electrons. The number of para-hydroxylation sites is 1. The van der Waals surface area contributed by atoms with Gasteiger partial charge in [0.05, 0.1) is 5.52 Å². The van der Waals surface area contributed by atoms with E-state index in [1.807, 2.05) is 24.3 Å². The van der Waals surface area contributed by atoms with Crippen LogP contribution in [0.4, 0.5) is 5.95 Å². The lowest BCUT2D eigenvalue weighted by Crippen LogP contribution is -2.38.